The van der Waals surface area contributed by atoms with Gasteiger partial charge in [0.2, 0.25) is 5.91 Å². The lowest BCUT2D eigenvalue weighted by Gasteiger charge is -2.42. The summed E-state index contributed by atoms with van der Waals surface area (Å²) in [4.78, 5) is 33.9. The number of H-pyrrole nitrogens is 1. The van der Waals surface area contributed by atoms with E-state index >= 15 is 0 Å². The maximum absolute atomic E-state index is 13.4. The normalized spacial score (nSPS) is 19.2. The van der Waals surface area contributed by atoms with Crippen molar-refractivity contribution in [2.75, 3.05) is 26.2 Å². The number of Topliss-reactive ketones (excluding diaryl/α,β-unsaturated/α-hetero) is 1. The van der Waals surface area contributed by atoms with Crippen molar-refractivity contribution in [3.63, 3.8) is 0 Å². The van der Waals surface area contributed by atoms with Crippen molar-refractivity contribution >= 4 is 34.2 Å². The fourth-order valence-electron chi connectivity index (χ4n) is 5.46. The number of likely N-dealkylation sites (tertiary alicyclic amines) is 2. The molecule has 1 aromatic carbocycles. The number of carbonyl (C=O) groups is 2. The van der Waals surface area contributed by atoms with Crippen LogP contribution in [0.1, 0.15) is 78.2 Å². The number of aromatic nitrogens is 1. The second-order valence-corrected chi connectivity index (χ2v) is 11.0. The van der Waals surface area contributed by atoms with Crippen molar-refractivity contribution in [2.45, 2.75) is 97.2 Å². The van der Waals surface area contributed by atoms with Crippen molar-refractivity contribution in [3.8, 4) is 0 Å². The van der Waals surface area contributed by atoms with Crippen LogP contribution in [-0.2, 0) is 16.0 Å². The van der Waals surface area contributed by atoms with Crippen molar-refractivity contribution in [1.82, 2.24) is 20.1 Å². The molecule has 0 unspecified atom stereocenters. The molecule has 2 saturated heterocycles. The SMILES string of the molecule is C.CC(C)N[C@H](CCCCN1CCCCC1)C(=O)N1CC[C@H]1C(=O)CCc1ccc2[nH]cc(Cl)c2c1. The van der Waals surface area contributed by atoms with E-state index in [1.54, 1.807) is 6.20 Å². The van der Waals surface area contributed by atoms with Crippen LogP contribution in [0.3, 0.4) is 0 Å². The summed E-state index contributed by atoms with van der Waals surface area (Å²) in [5.74, 6) is 0.264. The van der Waals surface area contributed by atoms with E-state index in [1.165, 1.54) is 32.4 Å². The molecule has 1 amide bonds. The fraction of sp³-hybridized carbons (Fsp3) is 0.655. The van der Waals surface area contributed by atoms with E-state index in [2.05, 4.69) is 35.1 Å². The highest BCUT2D eigenvalue weighted by Gasteiger charge is 2.39. The number of unbranched alkanes of at least 4 members (excludes halogenated alkanes) is 1. The summed E-state index contributed by atoms with van der Waals surface area (Å²) >= 11 is 6.24. The molecule has 1 aromatic heterocycles. The zero-order valence-electron chi connectivity index (χ0n) is 21.3. The van der Waals surface area contributed by atoms with Crippen molar-refractivity contribution in [2.24, 2.45) is 0 Å². The van der Waals surface area contributed by atoms with Gasteiger partial charge in [-0.15, -0.1) is 0 Å². The van der Waals surface area contributed by atoms with E-state index in [1.807, 2.05) is 17.0 Å². The Morgan fingerprint density at radius 3 is 2.61 bits per heavy atom. The number of halogens is 1. The van der Waals surface area contributed by atoms with Crippen LogP contribution >= 0.6 is 11.6 Å². The summed E-state index contributed by atoms with van der Waals surface area (Å²) in [5, 5.41) is 5.16. The first-order valence-electron chi connectivity index (χ1n) is 13.5. The van der Waals surface area contributed by atoms with Gasteiger partial charge in [-0.25, -0.2) is 0 Å². The molecule has 0 bridgehead atoms. The lowest BCUT2D eigenvalue weighted by Crippen LogP contribution is -2.60. The van der Waals surface area contributed by atoms with Crippen LogP contribution in [0.15, 0.2) is 24.4 Å². The van der Waals surface area contributed by atoms with Gasteiger partial charge < -0.3 is 20.1 Å². The Labute approximate surface area is 222 Å². The lowest BCUT2D eigenvalue weighted by atomic mass is 9.92. The number of rotatable bonds is 12. The van der Waals surface area contributed by atoms with E-state index < -0.39 is 0 Å². The number of hydrogen-bond donors (Lipinski definition) is 2. The van der Waals surface area contributed by atoms with Gasteiger partial charge in [0.05, 0.1) is 17.1 Å². The third-order valence-electron chi connectivity index (χ3n) is 7.53. The standard InChI is InChI=1S/C28H41ClN4O2.CH4/c1-20(2)31-25(8-4-7-16-32-14-5-3-6-15-32)28(35)33-17-13-26(33)27(34)12-10-21-9-11-24-22(18-21)23(29)19-30-24;/h9,11,18-20,25-26,30-31H,3-8,10,12-17H2,1-2H3;1H4/t25-,26+;/m1./s1. The minimum absolute atomic E-state index is 0. The summed E-state index contributed by atoms with van der Waals surface area (Å²) in [6.45, 7) is 8.42. The first-order chi connectivity index (χ1) is 16.9. The topological polar surface area (TPSA) is 68.4 Å². The molecule has 2 fully saturated rings. The molecule has 36 heavy (non-hydrogen) atoms. The molecular weight excluding hydrogens is 472 g/mol. The highest BCUT2D eigenvalue weighted by Crippen LogP contribution is 2.26. The summed E-state index contributed by atoms with van der Waals surface area (Å²) < 4.78 is 0. The first kappa shape index (κ1) is 28.7. The van der Waals surface area contributed by atoms with Gasteiger partial charge in [0.25, 0.3) is 0 Å². The van der Waals surface area contributed by atoms with Gasteiger partial charge >= 0.3 is 0 Å². The summed E-state index contributed by atoms with van der Waals surface area (Å²) in [6, 6.07) is 5.86. The Hall–Kier alpha value is -1.89. The molecule has 0 spiro atoms. The molecule has 3 heterocycles. The number of ketones is 1. The Morgan fingerprint density at radius 1 is 1.14 bits per heavy atom. The van der Waals surface area contributed by atoms with Crippen LogP contribution in [0.2, 0.25) is 5.02 Å². The van der Waals surface area contributed by atoms with Crippen LogP contribution < -0.4 is 5.32 Å². The predicted molar refractivity (Wildman–Crippen MR) is 150 cm³/mol. The molecule has 2 aliphatic rings. The van der Waals surface area contributed by atoms with Gasteiger partial charge in [-0.05, 0) is 75.9 Å². The monoisotopic (exact) mass is 516 g/mol. The number of piperidine rings is 1. The molecule has 200 valence electrons. The number of aryl methyl sites for hydroxylation is 1. The Kier molecular flexibility index (Phi) is 10.8. The molecule has 0 saturated carbocycles. The van der Waals surface area contributed by atoms with E-state index in [0.29, 0.717) is 24.4 Å². The van der Waals surface area contributed by atoms with E-state index in [4.69, 9.17) is 11.6 Å². The van der Waals surface area contributed by atoms with Crippen LogP contribution in [0.4, 0.5) is 0 Å². The van der Waals surface area contributed by atoms with Crippen molar-refractivity contribution in [3.05, 3.63) is 35.0 Å². The number of nitrogens with zero attached hydrogens (tertiary/aromatic N) is 2. The number of hydrogen-bond acceptors (Lipinski definition) is 4. The maximum Gasteiger partial charge on any atom is 0.240 e. The first-order valence-corrected chi connectivity index (χ1v) is 13.9. The van der Waals surface area contributed by atoms with Gasteiger partial charge in [0.1, 0.15) is 0 Å². The highest BCUT2D eigenvalue weighted by atomic mass is 35.5. The Bertz CT molecular complexity index is 998. The highest BCUT2D eigenvalue weighted by molar-refractivity contribution is 6.35. The molecule has 2 N–H and O–H groups in total. The molecule has 6 nitrogen and oxygen atoms in total. The third-order valence-corrected chi connectivity index (χ3v) is 7.84. The minimum Gasteiger partial charge on any atom is -0.360 e. The maximum atomic E-state index is 13.4. The number of amides is 1. The molecular formula is C29H45ClN4O2. The van der Waals surface area contributed by atoms with Gasteiger partial charge in [0.15, 0.2) is 5.78 Å². The summed E-state index contributed by atoms with van der Waals surface area (Å²) in [5.41, 5.74) is 2.10. The lowest BCUT2D eigenvalue weighted by molar-refractivity contribution is -0.148. The number of aromatic amines is 1. The number of carbonyl (C=O) groups excluding carboxylic acids is 2. The smallest absolute Gasteiger partial charge is 0.240 e. The molecule has 2 aliphatic heterocycles. The van der Waals surface area contributed by atoms with Crippen molar-refractivity contribution < 1.29 is 9.59 Å². The Balaban J connectivity index is 0.00000361. The molecule has 2 aromatic rings. The predicted octanol–water partition coefficient (Wildman–Crippen LogP) is 5.58. The van der Waals surface area contributed by atoms with E-state index in [0.717, 1.165) is 48.7 Å². The molecule has 2 atom stereocenters. The van der Waals surface area contributed by atoms with E-state index in [-0.39, 0.29) is 37.2 Å². The largest absolute Gasteiger partial charge is 0.360 e. The molecule has 4 rings (SSSR count). The summed E-state index contributed by atoms with van der Waals surface area (Å²) in [7, 11) is 0. The van der Waals surface area contributed by atoms with Crippen LogP contribution in [0, 0.1) is 0 Å². The number of benzene rings is 1. The fourth-order valence-corrected chi connectivity index (χ4v) is 5.67. The van der Waals surface area contributed by atoms with Crippen LogP contribution in [0.5, 0.6) is 0 Å². The third kappa shape index (κ3) is 7.33. The number of fused-ring (bicyclic) bond motifs is 1. The van der Waals surface area contributed by atoms with Crippen LogP contribution in [0.25, 0.3) is 10.9 Å². The average Bonchev–Trinajstić information content (AvgIpc) is 3.19. The summed E-state index contributed by atoms with van der Waals surface area (Å²) in [6.07, 6.45) is 10.6. The zero-order valence-corrected chi connectivity index (χ0v) is 22.1. The second kappa shape index (κ2) is 13.6. The second-order valence-electron chi connectivity index (χ2n) is 10.6. The average molecular weight is 517 g/mol. The van der Waals surface area contributed by atoms with Gasteiger partial charge in [0, 0.05) is 36.1 Å². The van der Waals surface area contributed by atoms with Crippen LogP contribution in [-0.4, -0.2) is 70.8 Å². The minimum atomic E-state index is -0.271. The van der Waals surface area contributed by atoms with Gasteiger partial charge in [-0.2, -0.15) is 0 Å². The number of nitrogens with one attached hydrogen (secondary N) is 2. The van der Waals surface area contributed by atoms with Crippen molar-refractivity contribution in [1.29, 1.82) is 0 Å². The quantitative estimate of drug-likeness (QED) is 0.361. The van der Waals surface area contributed by atoms with E-state index in [9.17, 15) is 9.59 Å². The molecule has 0 aliphatic carbocycles. The molecule has 0 radical (unpaired) electrons. The van der Waals surface area contributed by atoms with Gasteiger partial charge in [-0.3, -0.25) is 9.59 Å². The molecule has 7 heteroatoms. The van der Waals surface area contributed by atoms with Gasteiger partial charge in [-0.1, -0.05) is 51.8 Å². The zero-order chi connectivity index (χ0) is 24.8. The Morgan fingerprint density at radius 2 is 1.92 bits per heavy atom.